The topological polar surface area (TPSA) is 63.4 Å². The van der Waals surface area contributed by atoms with E-state index in [9.17, 15) is 14.9 Å². The fraction of sp³-hybridized carbons (Fsp3) is 0.533. The summed E-state index contributed by atoms with van der Waals surface area (Å²) in [5, 5.41) is 10.8. The molecule has 0 radical (unpaired) electrons. The first-order valence-corrected chi connectivity index (χ1v) is 7.17. The molecule has 20 heavy (non-hydrogen) atoms. The Morgan fingerprint density at radius 1 is 1.35 bits per heavy atom. The third-order valence-electron chi connectivity index (χ3n) is 4.01. The summed E-state index contributed by atoms with van der Waals surface area (Å²) in [6.07, 6.45) is 6.67. The van der Waals surface area contributed by atoms with E-state index < -0.39 is 4.92 Å². The number of rotatable bonds is 5. The number of benzene rings is 1. The van der Waals surface area contributed by atoms with Gasteiger partial charge in [-0.05, 0) is 25.8 Å². The van der Waals surface area contributed by atoms with Crippen LogP contribution >= 0.6 is 0 Å². The first-order valence-electron chi connectivity index (χ1n) is 7.17. The Morgan fingerprint density at radius 3 is 2.60 bits per heavy atom. The molecule has 0 spiro atoms. The van der Waals surface area contributed by atoms with Gasteiger partial charge in [-0.1, -0.05) is 19.3 Å². The molecule has 0 heterocycles. The van der Waals surface area contributed by atoms with Gasteiger partial charge in [0.2, 0.25) is 0 Å². The van der Waals surface area contributed by atoms with E-state index in [0.717, 1.165) is 25.1 Å². The minimum atomic E-state index is -0.465. The summed E-state index contributed by atoms with van der Waals surface area (Å²) >= 11 is 0. The molecule has 0 N–H and O–H groups in total. The maximum Gasteiger partial charge on any atom is 0.270 e. The van der Waals surface area contributed by atoms with Crippen LogP contribution in [0, 0.1) is 10.1 Å². The summed E-state index contributed by atoms with van der Waals surface area (Å²) < 4.78 is 0. The highest BCUT2D eigenvalue weighted by molar-refractivity contribution is 5.86. The van der Waals surface area contributed by atoms with E-state index in [0.29, 0.717) is 17.9 Å². The molecule has 1 aromatic rings. The number of non-ortho nitro benzene ring substituents is 1. The number of carbonyl (C=O) groups is 1. The average Bonchev–Trinajstić information content (AvgIpc) is 2.49. The molecule has 5 nitrogen and oxygen atoms in total. The van der Waals surface area contributed by atoms with Crippen LogP contribution in [0.25, 0.3) is 0 Å². The molecule has 0 aromatic heterocycles. The molecule has 1 aromatic carbocycles. The third kappa shape index (κ3) is 2.98. The van der Waals surface area contributed by atoms with Gasteiger partial charge in [0.1, 0.15) is 0 Å². The number of aldehydes is 1. The van der Waals surface area contributed by atoms with Gasteiger partial charge >= 0.3 is 0 Å². The van der Waals surface area contributed by atoms with Gasteiger partial charge in [0.15, 0.2) is 6.29 Å². The van der Waals surface area contributed by atoms with Crippen molar-refractivity contribution in [2.24, 2.45) is 0 Å². The van der Waals surface area contributed by atoms with Crippen LogP contribution in [0.4, 0.5) is 11.4 Å². The van der Waals surface area contributed by atoms with Crippen LogP contribution in [0.3, 0.4) is 0 Å². The SMILES string of the molecule is CCN(c1ccc([N+](=O)[O-])cc1C=O)C1CCCCC1. The molecule has 0 saturated heterocycles. The van der Waals surface area contributed by atoms with Crippen molar-refractivity contribution in [3.05, 3.63) is 33.9 Å². The minimum absolute atomic E-state index is 0.0319. The zero-order valence-electron chi connectivity index (χ0n) is 11.7. The van der Waals surface area contributed by atoms with Crippen LogP contribution in [0.5, 0.6) is 0 Å². The van der Waals surface area contributed by atoms with Crippen LogP contribution in [-0.2, 0) is 0 Å². The van der Waals surface area contributed by atoms with Gasteiger partial charge in [-0.3, -0.25) is 14.9 Å². The summed E-state index contributed by atoms with van der Waals surface area (Å²) in [7, 11) is 0. The van der Waals surface area contributed by atoms with Crippen molar-refractivity contribution in [1.82, 2.24) is 0 Å². The molecule has 1 fully saturated rings. The van der Waals surface area contributed by atoms with E-state index in [2.05, 4.69) is 11.8 Å². The second-order valence-electron chi connectivity index (χ2n) is 5.20. The smallest absolute Gasteiger partial charge is 0.270 e. The maximum atomic E-state index is 11.3. The first kappa shape index (κ1) is 14.5. The number of carbonyl (C=O) groups excluding carboxylic acids is 1. The molecule has 1 saturated carbocycles. The zero-order valence-corrected chi connectivity index (χ0v) is 11.7. The van der Waals surface area contributed by atoms with Gasteiger partial charge < -0.3 is 4.90 Å². The van der Waals surface area contributed by atoms with Crippen molar-refractivity contribution >= 4 is 17.7 Å². The van der Waals surface area contributed by atoms with E-state index >= 15 is 0 Å². The van der Waals surface area contributed by atoms with E-state index in [-0.39, 0.29) is 5.69 Å². The molecule has 0 unspecified atom stereocenters. The number of nitrogens with zero attached hydrogens (tertiary/aromatic N) is 2. The Kier molecular flexibility index (Phi) is 4.71. The average molecular weight is 276 g/mol. The van der Waals surface area contributed by atoms with Crippen molar-refractivity contribution in [3.63, 3.8) is 0 Å². The third-order valence-corrected chi connectivity index (χ3v) is 4.01. The van der Waals surface area contributed by atoms with Gasteiger partial charge in [-0.15, -0.1) is 0 Å². The Labute approximate surface area is 118 Å². The number of hydrogen-bond acceptors (Lipinski definition) is 4. The molecular formula is C15H20N2O3. The molecule has 0 atom stereocenters. The van der Waals surface area contributed by atoms with Gasteiger partial charge in [0, 0.05) is 36.0 Å². The lowest BCUT2D eigenvalue weighted by Crippen LogP contribution is -2.37. The number of hydrogen-bond donors (Lipinski definition) is 0. The normalized spacial score (nSPS) is 15.8. The monoisotopic (exact) mass is 276 g/mol. The molecular weight excluding hydrogens is 256 g/mol. The minimum Gasteiger partial charge on any atom is -0.368 e. The first-order chi connectivity index (χ1) is 9.67. The highest BCUT2D eigenvalue weighted by atomic mass is 16.6. The molecule has 1 aliphatic rings. The summed E-state index contributed by atoms with van der Waals surface area (Å²) in [5.41, 5.74) is 1.20. The lowest BCUT2D eigenvalue weighted by atomic mass is 9.93. The quantitative estimate of drug-likeness (QED) is 0.468. The van der Waals surface area contributed by atoms with Gasteiger partial charge in [-0.25, -0.2) is 0 Å². The lowest BCUT2D eigenvalue weighted by molar-refractivity contribution is -0.384. The molecule has 0 amide bonds. The van der Waals surface area contributed by atoms with Crippen molar-refractivity contribution in [2.75, 3.05) is 11.4 Å². The summed E-state index contributed by atoms with van der Waals surface area (Å²) in [5.74, 6) is 0. The Bertz CT molecular complexity index is 496. The second kappa shape index (κ2) is 6.50. The number of nitro groups is 1. The Morgan fingerprint density at radius 2 is 2.05 bits per heavy atom. The highest BCUT2D eigenvalue weighted by Gasteiger charge is 2.23. The number of anilines is 1. The predicted molar refractivity (Wildman–Crippen MR) is 78.4 cm³/mol. The highest BCUT2D eigenvalue weighted by Crippen LogP contribution is 2.30. The van der Waals surface area contributed by atoms with Gasteiger partial charge in [0.25, 0.3) is 5.69 Å². The molecule has 1 aliphatic carbocycles. The van der Waals surface area contributed by atoms with E-state index in [1.54, 1.807) is 6.07 Å². The van der Waals surface area contributed by atoms with Crippen LogP contribution in [0.15, 0.2) is 18.2 Å². The summed E-state index contributed by atoms with van der Waals surface area (Å²) in [4.78, 5) is 23.8. The lowest BCUT2D eigenvalue weighted by Gasteiger charge is -2.36. The van der Waals surface area contributed by atoms with Crippen LogP contribution in [0.2, 0.25) is 0 Å². The Balaban J connectivity index is 2.33. The predicted octanol–water partition coefficient (Wildman–Crippen LogP) is 3.57. The standard InChI is InChI=1S/C15H20N2O3/c1-2-16(13-6-4-3-5-7-13)15-9-8-14(17(19)20)10-12(15)11-18/h8-11,13H,2-7H2,1H3. The zero-order chi connectivity index (χ0) is 14.5. The number of nitro benzene ring substituents is 1. The van der Waals surface area contributed by atoms with Gasteiger partial charge in [0.05, 0.1) is 4.92 Å². The van der Waals surface area contributed by atoms with Gasteiger partial charge in [-0.2, -0.15) is 0 Å². The summed E-state index contributed by atoms with van der Waals surface area (Å²) in [6, 6.07) is 5.00. The van der Waals surface area contributed by atoms with Crippen LogP contribution in [0.1, 0.15) is 49.4 Å². The molecule has 5 heteroatoms. The van der Waals surface area contributed by atoms with Crippen molar-refractivity contribution in [1.29, 1.82) is 0 Å². The summed E-state index contributed by atoms with van der Waals surface area (Å²) in [6.45, 7) is 2.87. The van der Waals surface area contributed by atoms with Crippen molar-refractivity contribution < 1.29 is 9.72 Å². The van der Waals surface area contributed by atoms with E-state index in [4.69, 9.17) is 0 Å². The van der Waals surface area contributed by atoms with Crippen LogP contribution < -0.4 is 4.90 Å². The fourth-order valence-corrected chi connectivity index (χ4v) is 3.03. The molecule has 0 aliphatic heterocycles. The van der Waals surface area contributed by atoms with Crippen molar-refractivity contribution in [3.8, 4) is 0 Å². The molecule has 0 bridgehead atoms. The molecule has 108 valence electrons. The maximum absolute atomic E-state index is 11.3. The van der Waals surface area contributed by atoms with Crippen LogP contribution in [-0.4, -0.2) is 23.8 Å². The molecule has 2 rings (SSSR count). The fourth-order valence-electron chi connectivity index (χ4n) is 3.03. The second-order valence-corrected chi connectivity index (χ2v) is 5.20. The van der Waals surface area contributed by atoms with E-state index in [1.165, 1.54) is 31.4 Å². The van der Waals surface area contributed by atoms with Crippen molar-refractivity contribution in [2.45, 2.75) is 45.1 Å². The largest absolute Gasteiger partial charge is 0.368 e. The Hall–Kier alpha value is -1.91. The van der Waals surface area contributed by atoms with E-state index in [1.807, 2.05) is 0 Å².